The summed E-state index contributed by atoms with van der Waals surface area (Å²) in [7, 11) is 6.10. The van der Waals surface area contributed by atoms with Gasteiger partial charge >= 0.3 is 0 Å². The van der Waals surface area contributed by atoms with Gasteiger partial charge in [-0.15, -0.1) is 0 Å². The fourth-order valence-corrected chi connectivity index (χ4v) is 6.30. The highest BCUT2D eigenvalue weighted by atomic mass is 16.3. The summed E-state index contributed by atoms with van der Waals surface area (Å²) >= 11 is 0. The SMILES string of the molecule is Cc1cc(C(=O)Nc2nc3ccc(N4CCN(CCN(C)C)CC4)cc3n2[C@H]2CC[C@@H](O)CC2)cc(-c2cnn(C)c2)n1. The molecule has 0 spiro atoms. The van der Waals surface area contributed by atoms with E-state index in [4.69, 9.17) is 4.98 Å². The number of aryl methyl sites for hydroxylation is 2. The van der Waals surface area contributed by atoms with E-state index in [2.05, 4.69) is 67.0 Å². The fraction of sp³-hybridized carbons (Fsp3) is 0.500. The van der Waals surface area contributed by atoms with Crippen molar-refractivity contribution in [2.75, 3.05) is 63.6 Å². The number of hydrogen-bond acceptors (Lipinski definition) is 8. The quantitative estimate of drug-likeness (QED) is 0.323. The largest absolute Gasteiger partial charge is 0.393 e. The van der Waals surface area contributed by atoms with Gasteiger partial charge in [-0.1, -0.05) is 0 Å². The Labute approximate surface area is 253 Å². The maximum atomic E-state index is 13.7. The van der Waals surface area contributed by atoms with Crippen LogP contribution in [0.15, 0.2) is 42.7 Å². The lowest BCUT2D eigenvalue weighted by Crippen LogP contribution is -2.48. The molecule has 1 amide bonds. The number of benzene rings is 1. The van der Waals surface area contributed by atoms with Crippen LogP contribution in [0.1, 0.15) is 47.8 Å². The van der Waals surface area contributed by atoms with Crippen LogP contribution in [-0.4, -0.2) is 105 Å². The molecule has 2 aliphatic rings. The Morgan fingerprint density at radius 3 is 2.51 bits per heavy atom. The van der Waals surface area contributed by atoms with Gasteiger partial charge in [0.25, 0.3) is 5.91 Å². The maximum absolute atomic E-state index is 13.7. The van der Waals surface area contributed by atoms with Gasteiger partial charge in [-0.25, -0.2) is 4.98 Å². The third-order valence-electron chi connectivity index (χ3n) is 8.75. The molecule has 228 valence electrons. The van der Waals surface area contributed by atoms with Crippen LogP contribution in [0, 0.1) is 6.92 Å². The molecule has 3 aromatic heterocycles. The molecule has 1 aliphatic heterocycles. The number of anilines is 2. The summed E-state index contributed by atoms with van der Waals surface area (Å²) in [5.41, 5.74) is 5.91. The normalized spacial score (nSPS) is 19.8. The minimum Gasteiger partial charge on any atom is -0.393 e. The van der Waals surface area contributed by atoms with E-state index in [9.17, 15) is 9.90 Å². The highest BCUT2D eigenvalue weighted by Gasteiger charge is 2.27. The van der Waals surface area contributed by atoms with Crippen LogP contribution in [0.5, 0.6) is 0 Å². The van der Waals surface area contributed by atoms with Crippen molar-refractivity contribution in [3.8, 4) is 11.3 Å². The lowest BCUT2D eigenvalue weighted by molar-refractivity contribution is 0.102. The average Bonchev–Trinajstić information content (AvgIpc) is 3.59. The minimum atomic E-state index is -0.269. The van der Waals surface area contributed by atoms with Crippen molar-refractivity contribution >= 4 is 28.6 Å². The van der Waals surface area contributed by atoms with E-state index >= 15 is 0 Å². The molecule has 0 atom stereocenters. The zero-order chi connectivity index (χ0) is 30.1. The molecule has 43 heavy (non-hydrogen) atoms. The third-order valence-corrected chi connectivity index (χ3v) is 8.75. The van der Waals surface area contributed by atoms with Gasteiger partial charge in [0.05, 0.1) is 29.0 Å². The van der Waals surface area contributed by atoms with E-state index in [1.165, 1.54) is 5.69 Å². The summed E-state index contributed by atoms with van der Waals surface area (Å²) in [6.45, 7) is 8.09. The van der Waals surface area contributed by atoms with Gasteiger partial charge in [0, 0.05) is 81.1 Å². The Kier molecular flexibility index (Phi) is 8.47. The summed E-state index contributed by atoms with van der Waals surface area (Å²) in [6, 6.07) is 10.2. The van der Waals surface area contributed by atoms with Gasteiger partial charge in [-0.3, -0.25) is 24.7 Å². The molecule has 0 unspecified atom stereocenters. The molecule has 6 rings (SSSR count). The molecule has 0 radical (unpaired) electrons. The highest BCUT2D eigenvalue weighted by Crippen LogP contribution is 2.36. The van der Waals surface area contributed by atoms with E-state index in [1.807, 2.05) is 20.2 Å². The van der Waals surface area contributed by atoms with Gasteiger partial charge in [0.15, 0.2) is 0 Å². The predicted molar refractivity (Wildman–Crippen MR) is 170 cm³/mol. The first kappa shape index (κ1) is 29.3. The van der Waals surface area contributed by atoms with E-state index in [0.29, 0.717) is 17.2 Å². The molecule has 2 N–H and O–H groups in total. The molecule has 4 heterocycles. The summed E-state index contributed by atoms with van der Waals surface area (Å²) < 4.78 is 3.92. The van der Waals surface area contributed by atoms with Crippen molar-refractivity contribution in [3.05, 3.63) is 54.0 Å². The van der Waals surface area contributed by atoms with Crippen molar-refractivity contribution in [3.63, 3.8) is 0 Å². The number of aromatic nitrogens is 5. The van der Waals surface area contributed by atoms with Crippen molar-refractivity contribution in [1.29, 1.82) is 0 Å². The number of nitrogens with zero attached hydrogens (tertiary/aromatic N) is 8. The van der Waals surface area contributed by atoms with Gasteiger partial charge in [-0.05, 0) is 77.0 Å². The monoisotopic (exact) mass is 585 g/mol. The van der Waals surface area contributed by atoms with E-state index in [-0.39, 0.29) is 18.1 Å². The topological polar surface area (TPSA) is 108 Å². The first-order valence-corrected chi connectivity index (χ1v) is 15.3. The van der Waals surface area contributed by atoms with Gasteiger partial charge < -0.3 is 19.5 Å². The number of rotatable bonds is 8. The zero-order valence-corrected chi connectivity index (χ0v) is 25.7. The molecule has 1 saturated heterocycles. The summed E-state index contributed by atoms with van der Waals surface area (Å²) in [5, 5.41) is 17.6. The number of aliphatic hydroxyl groups excluding tert-OH is 1. The fourth-order valence-electron chi connectivity index (χ4n) is 6.30. The molecule has 0 bridgehead atoms. The van der Waals surface area contributed by atoms with Crippen LogP contribution >= 0.6 is 0 Å². The first-order valence-electron chi connectivity index (χ1n) is 15.3. The zero-order valence-electron chi connectivity index (χ0n) is 25.7. The number of nitrogens with one attached hydrogen (secondary N) is 1. The smallest absolute Gasteiger partial charge is 0.258 e. The predicted octanol–water partition coefficient (Wildman–Crippen LogP) is 3.55. The van der Waals surface area contributed by atoms with Crippen molar-refractivity contribution in [2.24, 2.45) is 7.05 Å². The Balaban J connectivity index is 1.28. The Morgan fingerprint density at radius 2 is 1.81 bits per heavy atom. The average molecular weight is 586 g/mol. The highest BCUT2D eigenvalue weighted by molar-refractivity contribution is 6.05. The van der Waals surface area contributed by atoms with Crippen LogP contribution in [-0.2, 0) is 7.05 Å². The Morgan fingerprint density at radius 1 is 1.05 bits per heavy atom. The molecule has 1 saturated carbocycles. The van der Waals surface area contributed by atoms with Gasteiger partial charge in [0.1, 0.15) is 0 Å². The third kappa shape index (κ3) is 6.58. The molecule has 2 fully saturated rings. The molecule has 11 heteroatoms. The number of amides is 1. The molecular weight excluding hydrogens is 542 g/mol. The minimum absolute atomic E-state index is 0.145. The number of carbonyl (C=O) groups excluding carboxylic acids is 1. The summed E-state index contributed by atoms with van der Waals surface area (Å²) in [6.07, 6.45) is 6.53. The summed E-state index contributed by atoms with van der Waals surface area (Å²) in [4.78, 5) is 30.5. The van der Waals surface area contributed by atoms with E-state index in [0.717, 1.165) is 87.2 Å². The van der Waals surface area contributed by atoms with Crippen molar-refractivity contribution < 1.29 is 9.90 Å². The van der Waals surface area contributed by atoms with Crippen LogP contribution in [0.3, 0.4) is 0 Å². The second kappa shape index (κ2) is 12.4. The second-order valence-electron chi connectivity index (χ2n) is 12.3. The van der Waals surface area contributed by atoms with Gasteiger partial charge in [0.2, 0.25) is 5.95 Å². The van der Waals surface area contributed by atoms with Crippen LogP contribution in [0.25, 0.3) is 22.3 Å². The van der Waals surface area contributed by atoms with Crippen molar-refractivity contribution in [1.82, 2.24) is 34.1 Å². The number of pyridine rings is 1. The van der Waals surface area contributed by atoms with Crippen LogP contribution < -0.4 is 10.2 Å². The number of hydrogen-bond donors (Lipinski definition) is 2. The summed E-state index contributed by atoms with van der Waals surface area (Å²) in [5.74, 6) is 0.321. The Bertz CT molecular complexity index is 1580. The van der Waals surface area contributed by atoms with E-state index < -0.39 is 0 Å². The first-order chi connectivity index (χ1) is 20.7. The second-order valence-corrected chi connectivity index (χ2v) is 12.3. The number of piperazine rings is 1. The lowest BCUT2D eigenvalue weighted by Gasteiger charge is -2.36. The molecule has 11 nitrogen and oxygen atoms in total. The number of fused-ring (bicyclic) bond motifs is 1. The number of aliphatic hydroxyl groups is 1. The molecular formula is C32H43N9O2. The standard InChI is InChI=1S/C32H43N9O2/c1-22-17-23(18-29(34-22)24-20-33-38(4)21-24)31(43)36-32-35-28-10-7-26(40-15-13-39(14-16-40)12-11-37(2)3)19-30(28)41(32)25-5-8-27(42)9-6-25/h7,10,17-21,25,27,42H,5-6,8-9,11-16H2,1-4H3,(H,35,36,43)/t25-,27+. The molecule has 4 aromatic rings. The number of imidazole rings is 1. The lowest BCUT2D eigenvalue weighted by atomic mass is 9.93. The Hall–Kier alpha value is -3.80. The van der Waals surface area contributed by atoms with Crippen LogP contribution in [0.4, 0.5) is 11.6 Å². The number of likely N-dealkylation sites (N-methyl/N-ethyl adjacent to an activating group) is 1. The molecule has 1 aromatic carbocycles. The van der Waals surface area contributed by atoms with Crippen molar-refractivity contribution in [2.45, 2.75) is 44.8 Å². The van der Waals surface area contributed by atoms with Crippen LogP contribution in [0.2, 0.25) is 0 Å². The van der Waals surface area contributed by atoms with Gasteiger partial charge in [-0.2, -0.15) is 5.10 Å². The van der Waals surface area contributed by atoms with E-state index in [1.54, 1.807) is 23.0 Å². The molecule has 1 aliphatic carbocycles. The maximum Gasteiger partial charge on any atom is 0.258 e. The number of carbonyl (C=O) groups is 1.